The van der Waals surface area contributed by atoms with Gasteiger partial charge in [-0.2, -0.15) is 0 Å². The van der Waals surface area contributed by atoms with Gasteiger partial charge in [-0.15, -0.1) is 0 Å². The van der Waals surface area contributed by atoms with Gasteiger partial charge in [0.15, 0.2) is 0 Å². The van der Waals surface area contributed by atoms with Gasteiger partial charge in [0.2, 0.25) is 5.91 Å². The molecule has 27 heavy (non-hydrogen) atoms. The summed E-state index contributed by atoms with van der Waals surface area (Å²) in [4.78, 5) is 27.0. The Balaban J connectivity index is 1.70. The molecule has 1 saturated heterocycles. The van der Waals surface area contributed by atoms with Crippen molar-refractivity contribution in [3.05, 3.63) is 65.2 Å². The number of para-hydroxylation sites is 2. The number of nitrogens with zero attached hydrogens (tertiary/aromatic N) is 1. The van der Waals surface area contributed by atoms with Crippen LogP contribution < -0.4 is 10.1 Å². The van der Waals surface area contributed by atoms with E-state index in [0.29, 0.717) is 13.0 Å². The molecule has 0 aliphatic carbocycles. The second kappa shape index (κ2) is 6.91. The van der Waals surface area contributed by atoms with Crippen LogP contribution in [0.25, 0.3) is 6.08 Å². The quantitative estimate of drug-likeness (QED) is 0.848. The van der Waals surface area contributed by atoms with Crippen molar-refractivity contribution < 1.29 is 14.3 Å². The average Bonchev–Trinajstić information content (AvgIpc) is 2.66. The molecule has 0 aromatic heterocycles. The molecule has 1 N–H and O–H groups in total. The van der Waals surface area contributed by atoms with E-state index in [2.05, 4.69) is 5.32 Å². The zero-order valence-corrected chi connectivity index (χ0v) is 15.4. The third-order valence-electron chi connectivity index (χ3n) is 5.18. The zero-order chi connectivity index (χ0) is 19.0. The molecule has 2 atom stereocenters. The van der Waals surface area contributed by atoms with Gasteiger partial charge in [-0.25, -0.2) is 0 Å². The maximum atomic E-state index is 13.2. The molecule has 0 bridgehead atoms. The van der Waals surface area contributed by atoms with Gasteiger partial charge in [-0.1, -0.05) is 36.4 Å². The molecule has 2 amide bonds. The van der Waals surface area contributed by atoms with Crippen LogP contribution in [0.15, 0.2) is 54.1 Å². The number of anilines is 1. The monoisotopic (exact) mass is 362 g/mol. The summed E-state index contributed by atoms with van der Waals surface area (Å²) in [5.41, 5.74) is 3.46. The molecule has 138 valence electrons. The molecule has 4 rings (SSSR count). The van der Waals surface area contributed by atoms with Crippen LogP contribution in [0.4, 0.5) is 5.69 Å². The lowest BCUT2D eigenvalue weighted by Gasteiger charge is -2.40. The molecular weight excluding hydrogens is 340 g/mol. The molecule has 0 radical (unpaired) electrons. The first-order valence-corrected chi connectivity index (χ1v) is 9.18. The van der Waals surface area contributed by atoms with E-state index < -0.39 is 6.04 Å². The molecule has 2 aromatic carbocycles. The first-order chi connectivity index (χ1) is 13.0. The van der Waals surface area contributed by atoms with E-state index in [0.717, 1.165) is 28.1 Å². The van der Waals surface area contributed by atoms with E-state index in [1.54, 1.807) is 4.90 Å². The number of carbonyl (C=O) groups excluding carboxylic acids is 2. The van der Waals surface area contributed by atoms with Gasteiger partial charge in [-0.05, 0) is 37.6 Å². The number of amides is 2. The zero-order valence-electron chi connectivity index (χ0n) is 15.4. The minimum absolute atomic E-state index is 0.00751. The van der Waals surface area contributed by atoms with Crippen molar-refractivity contribution in [1.82, 2.24) is 4.90 Å². The fourth-order valence-corrected chi connectivity index (χ4v) is 3.56. The largest absolute Gasteiger partial charge is 0.486 e. The van der Waals surface area contributed by atoms with E-state index in [9.17, 15) is 9.59 Å². The van der Waals surface area contributed by atoms with Crippen molar-refractivity contribution in [2.24, 2.45) is 0 Å². The second-order valence-electron chi connectivity index (χ2n) is 6.99. The lowest BCUT2D eigenvalue weighted by molar-refractivity contribution is -0.146. The minimum atomic E-state index is -0.672. The van der Waals surface area contributed by atoms with Gasteiger partial charge in [-0.3, -0.25) is 9.59 Å². The van der Waals surface area contributed by atoms with Crippen LogP contribution in [-0.4, -0.2) is 35.4 Å². The highest BCUT2D eigenvalue weighted by molar-refractivity contribution is 6.01. The van der Waals surface area contributed by atoms with Gasteiger partial charge >= 0.3 is 0 Å². The van der Waals surface area contributed by atoms with Crippen molar-refractivity contribution >= 4 is 23.6 Å². The smallest absolute Gasteiger partial charge is 0.251 e. The van der Waals surface area contributed by atoms with Crippen LogP contribution in [-0.2, 0) is 9.59 Å². The van der Waals surface area contributed by atoms with Gasteiger partial charge in [0.25, 0.3) is 5.91 Å². The van der Waals surface area contributed by atoms with E-state index in [1.165, 1.54) is 0 Å². The molecule has 2 unspecified atom stereocenters. The number of fused-ring (bicyclic) bond motifs is 1. The molecule has 2 aliphatic rings. The molecule has 5 heteroatoms. The molecule has 1 fully saturated rings. The number of β-lactam (4-membered cyclic amide) rings is 1. The first kappa shape index (κ1) is 17.3. The Bertz CT molecular complexity index is 935. The molecule has 2 heterocycles. The third-order valence-corrected chi connectivity index (χ3v) is 5.18. The SMILES string of the molecule is Cc1ccccc1NC(=O)C(C1=Cc2ccccc2OC1C)N1CCC1=O. The molecular formula is C22H22N2O3. The number of hydrogen-bond acceptors (Lipinski definition) is 3. The number of carbonyl (C=O) groups is 2. The van der Waals surface area contributed by atoms with Gasteiger partial charge in [0, 0.05) is 29.8 Å². The van der Waals surface area contributed by atoms with Gasteiger partial charge < -0.3 is 15.0 Å². The summed E-state index contributed by atoms with van der Waals surface area (Å²) < 4.78 is 6.02. The van der Waals surface area contributed by atoms with E-state index in [4.69, 9.17) is 4.74 Å². The number of likely N-dealkylation sites (tertiary alicyclic amines) is 1. The topological polar surface area (TPSA) is 58.6 Å². The lowest BCUT2D eigenvalue weighted by atomic mass is 9.92. The average molecular weight is 362 g/mol. The number of hydrogen-bond donors (Lipinski definition) is 1. The number of benzene rings is 2. The predicted octanol–water partition coefficient (Wildman–Crippen LogP) is 3.40. The Morgan fingerprint density at radius 2 is 1.93 bits per heavy atom. The van der Waals surface area contributed by atoms with Gasteiger partial charge in [0.05, 0.1) is 0 Å². The Labute approximate surface area is 158 Å². The van der Waals surface area contributed by atoms with Crippen molar-refractivity contribution in [2.45, 2.75) is 32.4 Å². The number of rotatable bonds is 4. The summed E-state index contributed by atoms with van der Waals surface area (Å²) in [6.45, 7) is 4.44. The van der Waals surface area contributed by atoms with Crippen molar-refractivity contribution in [3.63, 3.8) is 0 Å². The van der Waals surface area contributed by atoms with Crippen LogP contribution in [0.3, 0.4) is 0 Å². The second-order valence-corrected chi connectivity index (χ2v) is 6.99. The third kappa shape index (κ3) is 3.21. The summed E-state index contributed by atoms with van der Waals surface area (Å²) in [5, 5.41) is 2.99. The Morgan fingerprint density at radius 1 is 1.19 bits per heavy atom. The van der Waals surface area contributed by atoms with E-state index in [1.807, 2.05) is 68.5 Å². The maximum Gasteiger partial charge on any atom is 0.251 e. The molecule has 0 spiro atoms. The van der Waals surface area contributed by atoms with Crippen LogP contribution in [0.1, 0.15) is 24.5 Å². The van der Waals surface area contributed by atoms with Gasteiger partial charge in [0.1, 0.15) is 17.9 Å². The summed E-state index contributed by atoms with van der Waals surface area (Å²) in [5.74, 6) is 0.576. The highest BCUT2D eigenvalue weighted by Crippen LogP contribution is 2.34. The van der Waals surface area contributed by atoms with Crippen molar-refractivity contribution in [2.75, 3.05) is 11.9 Å². The lowest BCUT2D eigenvalue weighted by Crippen LogP contribution is -2.57. The summed E-state index contributed by atoms with van der Waals surface area (Å²) in [6.07, 6.45) is 2.17. The number of ether oxygens (including phenoxy) is 1. The fourth-order valence-electron chi connectivity index (χ4n) is 3.56. The highest BCUT2D eigenvalue weighted by Gasteiger charge is 2.41. The Hall–Kier alpha value is -3.08. The summed E-state index contributed by atoms with van der Waals surface area (Å²) >= 11 is 0. The fraction of sp³-hybridized carbons (Fsp3) is 0.273. The first-order valence-electron chi connectivity index (χ1n) is 9.18. The number of aryl methyl sites for hydroxylation is 1. The van der Waals surface area contributed by atoms with Crippen LogP contribution in [0.5, 0.6) is 5.75 Å². The van der Waals surface area contributed by atoms with Crippen molar-refractivity contribution in [3.8, 4) is 5.75 Å². The Morgan fingerprint density at radius 3 is 2.63 bits per heavy atom. The molecule has 2 aromatic rings. The van der Waals surface area contributed by atoms with E-state index in [-0.39, 0.29) is 17.9 Å². The molecule has 0 saturated carbocycles. The van der Waals surface area contributed by atoms with Crippen molar-refractivity contribution in [1.29, 1.82) is 0 Å². The molecule has 5 nitrogen and oxygen atoms in total. The number of nitrogens with one attached hydrogen (secondary N) is 1. The van der Waals surface area contributed by atoms with E-state index >= 15 is 0 Å². The normalized spacial score (nSPS) is 19.3. The summed E-state index contributed by atoms with van der Waals surface area (Å²) in [6, 6.07) is 14.7. The molecule has 2 aliphatic heterocycles. The minimum Gasteiger partial charge on any atom is -0.486 e. The van der Waals surface area contributed by atoms with Crippen LogP contribution >= 0.6 is 0 Å². The predicted molar refractivity (Wildman–Crippen MR) is 104 cm³/mol. The van der Waals surface area contributed by atoms with Crippen LogP contribution in [0.2, 0.25) is 0 Å². The standard InChI is InChI=1S/C22H22N2O3/c1-14-7-3-5-9-18(14)23-22(26)21(24-12-11-20(24)25)17-13-16-8-4-6-10-19(16)27-15(17)2/h3-10,13,15,21H,11-12H2,1-2H3,(H,23,26). The highest BCUT2D eigenvalue weighted by atomic mass is 16.5. The Kier molecular flexibility index (Phi) is 4.44. The summed E-state index contributed by atoms with van der Waals surface area (Å²) in [7, 11) is 0. The maximum absolute atomic E-state index is 13.2. The van der Waals surface area contributed by atoms with Crippen LogP contribution in [0, 0.1) is 6.92 Å².